The largest absolute Gasteiger partial charge is 0.356 e. The second-order valence-corrected chi connectivity index (χ2v) is 7.00. The number of benzene rings is 1. The molecule has 25 heavy (non-hydrogen) atoms. The molecule has 2 rings (SSSR count). The van der Waals surface area contributed by atoms with Crippen LogP contribution in [-0.4, -0.2) is 23.3 Å². The van der Waals surface area contributed by atoms with Crippen molar-refractivity contribution in [1.82, 2.24) is 10.3 Å². The molecule has 1 aromatic carbocycles. The lowest BCUT2D eigenvalue weighted by Gasteiger charge is -2.06. The van der Waals surface area contributed by atoms with Crippen molar-refractivity contribution in [2.24, 2.45) is 5.92 Å². The minimum Gasteiger partial charge on any atom is -0.356 e. The Hall–Kier alpha value is -2.28. The van der Waals surface area contributed by atoms with Gasteiger partial charge in [0, 0.05) is 23.9 Å². The molecule has 0 aliphatic carbocycles. The normalized spacial score (nSPS) is 10.7. The van der Waals surface area contributed by atoms with Gasteiger partial charge in [-0.3, -0.25) is 14.9 Å². The topological polar surface area (TPSA) is 71.1 Å². The van der Waals surface area contributed by atoms with Gasteiger partial charge in [-0.2, -0.15) is 0 Å². The van der Waals surface area contributed by atoms with Gasteiger partial charge in [0.2, 0.25) is 5.91 Å². The molecular weight excluding hydrogens is 341 g/mol. The summed E-state index contributed by atoms with van der Waals surface area (Å²) in [6.45, 7) is 4.92. The Morgan fingerprint density at radius 3 is 2.64 bits per heavy atom. The van der Waals surface area contributed by atoms with Gasteiger partial charge in [0.25, 0.3) is 5.91 Å². The Bertz CT molecular complexity index is 713. The molecule has 2 N–H and O–H groups in total. The summed E-state index contributed by atoms with van der Waals surface area (Å²) in [7, 11) is 0. The van der Waals surface area contributed by atoms with E-state index in [4.69, 9.17) is 0 Å². The molecule has 2 amide bonds. The Labute approximate surface area is 150 Å². The highest BCUT2D eigenvalue weighted by atomic mass is 32.1. The molecule has 0 aliphatic heterocycles. The number of thiazole rings is 1. The van der Waals surface area contributed by atoms with Gasteiger partial charge in [0.05, 0.1) is 5.69 Å². The highest BCUT2D eigenvalue weighted by Gasteiger charge is 2.10. The zero-order valence-electron chi connectivity index (χ0n) is 14.3. The average Bonchev–Trinajstić information content (AvgIpc) is 3.00. The number of rotatable bonds is 8. The van der Waals surface area contributed by atoms with Crippen LogP contribution < -0.4 is 10.6 Å². The quantitative estimate of drug-likeness (QED) is 0.752. The van der Waals surface area contributed by atoms with E-state index in [-0.39, 0.29) is 17.6 Å². The molecule has 5 nitrogen and oxygen atoms in total. The molecular formula is C18H22FN3O2S. The molecule has 0 unspecified atom stereocenters. The fourth-order valence-corrected chi connectivity index (χ4v) is 2.82. The average molecular weight is 363 g/mol. The fraction of sp³-hybridized carbons (Fsp3) is 0.389. The third kappa shape index (κ3) is 6.62. The monoisotopic (exact) mass is 363 g/mol. The van der Waals surface area contributed by atoms with Crippen LogP contribution in [0.2, 0.25) is 0 Å². The zero-order chi connectivity index (χ0) is 18.2. The second-order valence-electron chi connectivity index (χ2n) is 6.14. The van der Waals surface area contributed by atoms with E-state index in [9.17, 15) is 14.0 Å². The number of carbonyl (C=O) groups is 2. The Morgan fingerprint density at radius 1 is 1.24 bits per heavy atom. The minimum atomic E-state index is -0.389. The number of nitrogens with one attached hydrogen (secondary N) is 2. The van der Waals surface area contributed by atoms with E-state index in [0.29, 0.717) is 36.0 Å². The molecule has 134 valence electrons. The van der Waals surface area contributed by atoms with E-state index in [0.717, 1.165) is 12.1 Å². The lowest BCUT2D eigenvalue weighted by Crippen LogP contribution is -2.25. The van der Waals surface area contributed by atoms with E-state index >= 15 is 0 Å². The number of aryl methyl sites for hydroxylation is 1. The lowest BCUT2D eigenvalue weighted by atomic mass is 10.1. The number of halogens is 1. The first-order chi connectivity index (χ1) is 11.9. The molecule has 2 aromatic rings. The summed E-state index contributed by atoms with van der Waals surface area (Å²) in [6, 6.07) is 5.31. The third-order valence-corrected chi connectivity index (χ3v) is 4.34. The predicted molar refractivity (Wildman–Crippen MR) is 97.3 cm³/mol. The second kappa shape index (κ2) is 9.27. The number of nitrogens with zero attached hydrogens (tertiary/aromatic N) is 1. The first-order valence-corrected chi connectivity index (χ1v) is 9.10. The summed E-state index contributed by atoms with van der Waals surface area (Å²) < 4.78 is 12.9. The number of amides is 2. The predicted octanol–water partition coefficient (Wildman–Crippen LogP) is 3.63. The van der Waals surface area contributed by atoms with Crippen molar-refractivity contribution in [3.8, 4) is 0 Å². The number of carbonyl (C=O) groups excluding carboxylic acids is 2. The van der Waals surface area contributed by atoms with Crippen LogP contribution in [-0.2, 0) is 11.2 Å². The third-order valence-electron chi connectivity index (χ3n) is 3.53. The fourth-order valence-electron chi connectivity index (χ4n) is 2.08. The molecule has 0 fully saturated rings. The van der Waals surface area contributed by atoms with Gasteiger partial charge in [0.1, 0.15) is 5.82 Å². The Morgan fingerprint density at radius 2 is 1.96 bits per heavy atom. The Kier molecular flexibility index (Phi) is 7.06. The van der Waals surface area contributed by atoms with E-state index in [1.807, 2.05) is 5.38 Å². The highest BCUT2D eigenvalue weighted by Crippen LogP contribution is 2.17. The van der Waals surface area contributed by atoms with Crippen LogP contribution in [0, 0.1) is 11.7 Å². The molecule has 1 aromatic heterocycles. The van der Waals surface area contributed by atoms with Crippen molar-refractivity contribution in [2.75, 3.05) is 11.9 Å². The van der Waals surface area contributed by atoms with Gasteiger partial charge < -0.3 is 5.32 Å². The summed E-state index contributed by atoms with van der Waals surface area (Å²) in [5.41, 5.74) is 1.13. The summed E-state index contributed by atoms with van der Waals surface area (Å²) in [5, 5.41) is 7.85. The van der Waals surface area contributed by atoms with Crippen molar-refractivity contribution < 1.29 is 14.0 Å². The van der Waals surface area contributed by atoms with E-state index < -0.39 is 0 Å². The van der Waals surface area contributed by atoms with E-state index in [2.05, 4.69) is 29.5 Å². The van der Waals surface area contributed by atoms with Crippen molar-refractivity contribution in [2.45, 2.75) is 33.1 Å². The molecule has 7 heteroatoms. The van der Waals surface area contributed by atoms with Crippen LogP contribution in [0.25, 0.3) is 0 Å². The molecule has 0 aliphatic rings. The number of hydrogen-bond donors (Lipinski definition) is 2. The number of hydrogen-bond acceptors (Lipinski definition) is 4. The SMILES string of the molecule is CC(C)CCNC(=O)CCc1csc(NC(=O)c2ccc(F)cc2)n1. The van der Waals surface area contributed by atoms with Crippen LogP contribution in [0.1, 0.15) is 42.7 Å². The van der Waals surface area contributed by atoms with Crippen LogP contribution in [0.15, 0.2) is 29.6 Å². The van der Waals surface area contributed by atoms with Crippen LogP contribution in [0.3, 0.4) is 0 Å². The first-order valence-electron chi connectivity index (χ1n) is 8.22. The van der Waals surface area contributed by atoms with Crippen molar-refractivity contribution in [3.63, 3.8) is 0 Å². The summed E-state index contributed by atoms with van der Waals surface area (Å²) >= 11 is 1.30. The first kappa shape index (κ1) is 19.1. The molecule has 0 saturated heterocycles. The van der Waals surface area contributed by atoms with Crippen molar-refractivity contribution in [1.29, 1.82) is 0 Å². The van der Waals surface area contributed by atoms with Gasteiger partial charge >= 0.3 is 0 Å². The van der Waals surface area contributed by atoms with Gasteiger partial charge in [-0.05, 0) is 43.0 Å². The standard InChI is InChI=1S/C18H22FN3O2S/c1-12(2)9-10-20-16(23)8-7-15-11-25-18(21-15)22-17(24)13-3-5-14(19)6-4-13/h3-6,11-12H,7-10H2,1-2H3,(H,20,23)(H,21,22,24). The minimum absolute atomic E-state index is 0.00514. The molecule has 0 radical (unpaired) electrons. The van der Waals surface area contributed by atoms with Crippen LogP contribution in [0.5, 0.6) is 0 Å². The lowest BCUT2D eigenvalue weighted by molar-refractivity contribution is -0.121. The maximum atomic E-state index is 12.9. The smallest absolute Gasteiger partial charge is 0.257 e. The summed E-state index contributed by atoms with van der Waals surface area (Å²) in [6.07, 6.45) is 1.85. The maximum Gasteiger partial charge on any atom is 0.257 e. The van der Waals surface area contributed by atoms with E-state index in [1.54, 1.807) is 0 Å². The molecule has 0 spiro atoms. The molecule has 1 heterocycles. The zero-order valence-corrected chi connectivity index (χ0v) is 15.2. The highest BCUT2D eigenvalue weighted by molar-refractivity contribution is 7.14. The molecule has 0 bridgehead atoms. The van der Waals surface area contributed by atoms with Gasteiger partial charge in [0.15, 0.2) is 5.13 Å². The van der Waals surface area contributed by atoms with Crippen LogP contribution >= 0.6 is 11.3 Å². The van der Waals surface area contributed by atoms with Gasteiger partial charge in [-0.1, -0.05) is 13.8 Å². The van der Waals surface area contributed by atoms with Crippen molar-refractivity contribution >= 4 is 28.3 Å². The Balaban J connectivity index is 1.78. The van der Waals surface area contributed by atoms with Crippen LogP contribution in [0.4, 0.5) is 9.52 Å². The number of aromatic nitrogens is 1. The van der Waals surface area contributed by atoms with Gasteiger partial charge in [-0.25, -0.2) is 9.37 Å². The summed E-state index contributed by atoms with van der Waals surface area (Å²) in [4.78, 5) is 28.1. The maximum absolute atomic E-state index is 12.9. The molecule has 0 saturated carbocycles. The van der Waals surface area contributed by atoms with Crippen molar-refractivity contribution in [3.05, 3.63) is 46.7 Å². The van der Waals surface area contributed by atoms with Gasteiger partial charge in [-0.15, -0.1) is 11.3 Å². The molecule has 0 atom stereocenters. The number of anilines is 1. The van der Waals surface area contributed by atoms with E-state index in [1.165, 1.54) is 35.6 Å². The summed E-state index contributed by atoms with van der Waals surface area (Å²) in [5.74, 6) is -0.163.